The fourth-order valence-electron chi connectivity index (χ4n) is 3.98. The van der Waals surface area contributed by atoms with Gasteiger partial charge in [0.2, 0.25) is 0 Å². The molecule has 2 saturated heterocycles. The number of nitrogens with one attached hydrogen (secondary N) is 1. The average molecular weight is 448 g/mol. The van der Waals surface area contributed by atoms with Crippen molar-refractivity contribution in [3.05, 3.63) is 40.6 Å². The molecule has 9 heteroatoms. The van der Waals surface area contributed by atoms with Gasteiger partial charge in [-0.1, -0.05) is 6.07 Å². The van der Waals surface area contributed by atoms with Gasteiger partial charge in [-0.05, 0) is 24.3 Å². The van der Waals surface area contributed by atoms with Gasteiger partial charge in [0.25, 0.3) is 5.91 Å². The predicted octanol–water partition coefficient (Wildman–Crippen LogP) is 3.98. The maximum absolute atomic E-state index is 13.0. The van der Waals surface area contributed by atoms with Gasteiger partial charge >= 0.3 is 6.03 Å². The van der Waals surface area contributed by atoms with Gasteiger partial charge < -0.3 is 24.6 Å². The normalized spacial score (nSPS) is 17.8. The number of likely N-dealkylation sites (tertiary alicyclic amines) is 1. The van der Waals surface area contributed by atoms with Gasteiger partial charge in [-0.2, -0.15) is 0 Å². The van der Waals surface area contributed by atoms with Crippen LogP contribution in [0.25, 0.3) is 0 Å². The third-order valence-corrected chi connectivity index (χ3v) is 8.00. The van der Waals surface area contributed by atoms with Crippen molar-refractivity contribution in [2.75, 3.05) is 44.9 Å². The summed E-state index contributed by atoms with van der Waals surface area (Å²) in [5, 5.41) is 4.87. The minimum Gasteiger partial charge on any atom is -0.497 e. The third-order valence-electron chi connectivity index (χ3n) is 5.59. The Balaban J connectivity index is 1.40. The van der Waals surface area contributed by atoms with Crippen molar-refractivity contribution < 1.29 is 19.1 Å². The van der Waals surface area contributed by atoms with Crippen LogP contribution in [0.5, 0.6) is 11.5 Å². The SMILES string of the molecule is COc1cc(NC(=O)N2CCC3(CC2)SCCN3C(=O)c2cccs2)cc(OC)c1. The zero-order valence-corrected chi connectivity index (χ0v) is 18.7. The monoisotopic (exact) mass is 447 g/mol. The summed E-state index contributed by atoms with van der Waals surface area (Å²) in [6.45, 7) is 1.97. The molecule has 0 radical (unpaired) electrons. The lowest BCUT2D eigenvalue weighted by Gasteiger charge is -2.43. The van der Waals surface area contributed by atoms with Gasteiger partial charge in [-0.25, -0.2) is 4.79 Å². The fraction of sp³-hybridized carbons (Fsp3) is 0.429. The molecule has 0 aliphatic carbocycles. The minimum absolute atomic E-state index is 0.108. The molecule has 2 fully saturated rings. The molecule has 1 N–H and O–H groups in total. The molecule has 0 atom stereocenters. The van der Waals surface area contributed by atoms with Gasteiger partial charge in [0.05, 0.1) is 24.0 Å². The number of urea groups is 1. The number of thioether (sulfide) groups is 1. The molecule has 160 valence electrons. The van der Waals surface area contributed by atoms with E-state index >= 15 is 0 Å². The number of thiophene rings is 1. The van der Waals surface area contributed by atoms with Crippen LogP contribution < -0.4 is 14.8 Å². The van der Waals surface area contributed by atoms with Crippen LogP contribution in [0, 0.1) is 0 Å². The van der Waals surface area contributed by atoms with Crippen LogP contribution in [0.15, 0.2) is 35.7 Å². The molecule has 3 heterocycles. The van der Waals surface area contributed by atoms with Crippen molar-refractivity contribution >= 4 is 40.7 Å². The molecule has 0 bridgehead atoms. The number of rotatable bonds is 4. The van der Waals surface area contributed by atoms with E-state index in [9.17, 15) is 9.59 Å². The maximum Gasteiger partial charge on any atom is 0.321 e. The lowest BCUT2D eigenvalue weighted by atomic mass is 10.0. The van der Waals surface area contributed by atoms with Crippen molar-refractivity contribution in [2.45, 2.75) is 17.7 Å². The first-order valence-electron chi connectivity index (χ1n) is 9.83. The number of anilines is 1. The van der Waals surface area contributed by atoms with Gasteiger partial charge in [0, 0.05) is 49.3 Å². The Labute approximate surface area is 184 Å². The summed E-state index contributed by atoms with van der Waals surface area (Å²) < 4.78 is 10.5. The Morgan fingerprint density at radius 3 is 2.37 bits per heavy atom. The third kappa shape index (κ3) is 4.09. The summed E-state index contributed by atoms with van der Waals surface area (Å²) in [6.07, 6.45) is 1.53. The molecule has 1 aromatic carbocycles. The number of amides is 3. The van der Waals surface area contributed by atoms with E-state index in [0.29, 0.717) is 30.3 Å². The Bertz CT molecular complexity index is 889. The molecule has 30 heavy (non-hydrogen) atoms. The summed E-state index contributed by atoms with van der Waals surface area (Å²) >= 11 is 3.33. The molecule has 2 aromatic rings. The number of methoxy groups -OCH3 is 2. The van der Waals surface area contributed by atoms with Gasteiger partial charge in [0.15, 0.2) is 0 Å². The van der Waals surface area contributed by atoms with Crippen molar-refractivity contribution in [3.8, 4) is 11.5 Å². The predicted molar refractivity (Wildman–Crippen MR) is 120 cm³/mol. The summed E-state index contributed by atoms with van der Waals surface area (Å²) in [5.74, 6) is 2.28. The van der Waals surface area contributed by atoms with E-state index in [4.69, 9.17) is 9.47 Å². The first-order valence-corrected chi connectivity index (χ1v) is 11.7. The second kappa shape index (κ2) is 8.77. The molecular formula is C21H25N3O4S2. The van der Waals surface area contributed by atoms with Crippen LogP contribution >= 0.6 is 23.1 Å². The average Bonchev–Trinajstić information content (AvgIpc) is 3.44. The standard InChI is InChI=1S/C21H25N3O4S2/c1-27-16-12-15(13-17(14-16)28-2)22-20(26)23-7-5-21(6-8-23)24(9-11-30-21)19(25)18-4-3-10-29-18/h3-4,10,12-14H,5-9,11H2,1-2H3,(H,22,26). The van der Waals surface area contributed by atoms with Crippen LogP contribution in [0.2, 0.25) is 0 Å². The molecule has 2 aliphatic heterocycles. The van der Waals surface area contributed by atoms with E-state index in [0.717, 1.165) is 30.0 Å². The maximum atomic E-state index is 13.0. The Kier molecular flexibility index (Phi) is 6.10. The highest BCUT2D eigenvalue weighted by Crippen LogP contribution is 2.44. The lowest BCUT2D eigenvalue weighted by molar-refractivity contribution is 0.0590. The second-order valence-corrected chi connectivity index (χ2v) is 9.65. The van der Waals surface area contributed by atoms with Crippen LogP contribution in [-0.2, 0) is 0 Å². The molecule has 7 nitrogen and oxygen atoms in total. The first-order chi connectivity index (χ1) is 14.5. The molecular weight excluding hydrogens is 422 g/mol. The first kappa shape index (κ1) is 20.9. The highest BCUT2D eigenvalue weighted by Gasteiger charge is 2.47. The fourth-order valence-corrected chi connectivity index (χ4v) is 6.11. The van der Waals surface area contributed by atoms with Crippen LogP contribution in [0.1, 0.15) is 22.5 Å². The van der Waals surface area contributed by atoms with Crippen molar-refractivity contribution in [3.63, 3.8) is 0 Å². The number of carbonyl (C=O) groups is 2. The van der Waals surface area contributed by atoms with Gasteiger partial charge in [-0.15, -0.1) is 23.1 Å². The number of piperidine rings is 1. The van der Waals surface area contributed by atoms with E-state index in [1.165, 1.54) is 11.3 Å². The highest BCUT2D eigenvalue weighted by atomic mass is 32.2. The number of carbonyl (C=O) groups excluding carboxylic acids is 2. The largest absolute Gasteiger partial charge is 0.497 e. The number of nitrogens with zero attached hydrogens (tertiary/aromatic N) is 2. The van der Waals surface area contributed by atoms with Crippen molar-refractivity contribution in [1.82, 2.24) is 9.80 Å². The van der Waals surface area contributed by atoms with Gasteiger partial charge in [-0.3, -0.25) is 4.79 Å². The van der Waals surface area contributed by atoms with Crippen molar-refractivity contribution in [2.24, 2.45) is 0 Å². The summed E-state index contributed by atoms with van der Waals surface area (Å²) in [7, 11) is 3.15. The molecule has 0 unspecified atom stereocenters. The van der Waals surface area contributed by atoms with E-state index in [1.54, 1.807) is 32.4 Å². The molecule has 1 aromatic heterocycles. The molecule has 1 spiro atoms. The van der Waals surface area contributed by atoms with E-state index in [2.05, 4.69) is 5.32 Å². The van der Waals surface area contributed by atoms with E-state index < -0.39 is 0 Å². The van der Waals surface area contributed by atoms with Crippen molar-refractivity contribution in [1.29, 1.82) is 0 Å². The summed E-state index contributed by atoms with van der Waals surface area (Å²) in [4.78, 5) is 30.2. The second-order valence-electron chi connectivity index (χ2n) is 7.25. The lowest BCUT2D eigenvalue weighted by Crippen LogP contribution is -2.54. The summed E-state index contributed by atoms with van der Waals surface area (Å²) in [6, 6.07) is 8.93. The quantitative estimate of drug-likeness (QED) is 0.768. The van der Waals surface area contributed by atoms with E-state index in [1.807, 2.05) is 39.1 Å². The zero-order valence-electron chi connectivity index (χ0n) is 17.1. The van der Waals surface area contributed by atoms with Gasteiger partial charge in [0.1, 0.15) is 11.5 Å². The van der Waals surface area contributed by atoms with Crippen LogP contribution in [0.4, 0.5) is 10.5 Å². The molecule has 2 aliphatic rings. The van der Waals surface area contributed by atoms with E-state index in [-0.39, 0.29) is 16.8 Å². The molecule has 0 saturated carbocycles. The zero-order chi connectivity index (χ0) is 21.1. The Hall–Kier alpha value is -2.39. The Morgan fingerprint density at radius 1 is 1.07 bits per heavy atom. The number of benzene rings is 1. The highest BCUT2D eigenvalue weighted by molar-refractivity contribution is 8.00. The molecule has 4 rings (SSSR count). The minimum atomic E-state index is -0.211. The number of hydrogen-bond acceptors (Lipinski definition) is 6. The topological polar surface area (TPSA) is 71.1 Å². The van der Waals surface area contributed by atoms with Crippen LogP contribution in [0.3, 0.4) is 0 Å². The summed E-state index contributed by atoms with van der Waals surface area (Å²) in [5.41, 5.74) is 0.626. The molecule has 3 amide bonds. The van der Waals surface area contributed by atoms with Crippen LogP contribution in [-0.4, -0.2) is 66.2 Å². The number of ether oxygens (including phenoxy) is 2. The Morgan fingerprint density at radius 2 is 1.77 bits per heavy atom. The smallest absolute Gasteiger partial charge is 0.321 e. The number of hydrogen-bond donors (Lipinski definition) is 1.